The number of carbonyl (C=O) groups is 3. The summed E-state index contributed by atoms with van der Waals surface area (Å²) in [6.07, 6.45) is 0. The van der Waals surface area contributed by atoms with Gasteiger partial charge in [-0.05, 0) is 24.1 Å². The molecule has 1 aromatic carbocycles. The van der Waals surface area contributed by atoms with Gasteiger partial charge in [-0.3, -0.25) is 14.4 Å². The van der Waals surface area contributed by atoms with Gasteiger partial charge in [-0.1, -0.05) is 19.9 Å². The van der Waals surface area contributed by atoms with E-state index in [1.54, 1.807) is 41.2 Å². The van der Waals surface area contributed by atoms with Crippen LogP contribution in [0.3, 0.4) is 0 Å². The molecular formula is C18H23N3O4. The van der Waals surface area contributed by atoms with Gasteiger partial charge in [-0.25, -0.2) is 0 Å². The van der Waals surface area contributed by atoms with E-state index >= 15 is 0 Å². The first-order valence-electron chi connectivity index (χ1n) is 8.46. The molecule has 2 atom stereocenters. The average molecular weight is 345 g/mol. The zero-order valence-corrected chi connectivity index (χ0v) is 14.7. The van der Waals surface area contributed by atoms with Gasteiger partial charge in [-0.15, -0.1) is 0 Å². The van der Waals surface area contributed by atoms with Crippen LogP contribution in [0.4, 0.5) is 0 Å². The molecule has 0 saturated carbocycles. The number of benzene rings is 1. The summed E-state index contributed by atoms with van der Waals surface area (Å²) >= 11 is 0. The molecule has 0 bridgehead atoms. The van der Waals surface area contributed by atoms with Crippen molar-refractivity contribution in [2.45, 2.75) is 25.9 Å². The topological polar surface area (TPSA) is 79.0 Å². The predicted molar refractivity (Wildman–Crippen MR) is 91.2 cm³/mol. The maximum Gasteiger partial charge on any atom is 0.254 e. The van der Waals surface area contributed by atoms with E-state index in [4.69, 9.17) is 4.74 Å². The number of nitrogens with one attached hydrogen (secondary N) is 1. The second kappa shape index (κ2) is 6.74. The van der Waals surface area contributed by atoms with Gasteiger partial charge in [0.1, 0.15) is 17.8 Å². The summed E-state index contributed by atoms with van der Waals surface area (Å²) in [6, 6.07) is 5.82. The molecule has 2 saturated heterocycles. The molecule has 0 spiro atoms. The Morgan fingerprint density at radius 2 is 2.04 bits per heavy atom. The van der Waals surface area contributed by atoms with Crippen molar-refractivity contribution in [2.75, 3.05) is 26.7 Å². The molecule has 25 heavy (non-hydrogen) atoms. The maximum absolute atomic E-state index is 12.7. The highest BCUT2D eigenvalue weighted by molar-refractivity contribution is 5.99. The normalized spacial score (nSPS) is 23.4. The van der Waals surface area contributed by atoms with Gasteiger partial charge in [0.2, 0.25) is 11.8 Å². The van der Waals surface area contributed by atoms with E-state index in [0.717, 1.165) is 0 Å². The van der Waals surface area contributed by atoms with Crippen LogP contribution < -0.4 is 10.1 Å². The van der Waals surface area contributed by atoms with E-state index in [9.17, 15) is 14.4 Å². The molecule has 1 aromatic rings. The van der Waals surface area contributed by atoms with Gasteiger partial charge >= 0.3 is 0 Å². The fourth-order valence-corrected chi connectivity index (χ4v) is 3.34. The number of amides is 3. The van der Waals surface area contributed by atoms with Gasteiger partial charge < -0.3 is 19.9 Å². The molecular weight excluding hydrogens is 322 g/mol. The van der Waals surface area contributed by atoms with Crippen molar-refractivity contribution in [3.05, 3.63) is 29.8 Å². The van der Waals surface area contributed by atoms with Gasteiger partial charge in [0.15, 0.2) is 0 Å². The van der Waals surface area contributed by atoms with Crippen molar-refractivity contribution in [1.29, 1.82) is 0 Å². The largest absolute Gasteiger partial charge is 0.497 e. The smallest absolute Gasteiger partial charge is 0.254 e. The van der Waals surface area contributed by atoms with Crippen LogP contribution in [0.25, 0.3) is 0 Å². The third kappa shape index (κ3) is 3.18. The molecule has 0 aromatic heterocycles. The summed E-state index contributed by atoms with van der Waals surface area (Å²) in [5.74, 6) is 0.225. The van der Waals surface area contributed by atoms with Crippen LogP contribution in [0.2, 0.25) is 0 Å². The number of hydrogen-bond donors (Lipinski definition) is 1. The molecule has 2 fully saturated rings. The standard InChI is InChI=1S/C18H23N3O4/c1-11(2)15-18(24)21-8-7-20(10-14(21)16(22)19-15)17(23)12-5-4-6-13(9-12)25-3/h4-6,9,11,14-15H,7-8,10H2,1-3H3,(H,19,22)/t14-,15-/m1/s1. The van der Waals surface area contributed by atoms with Crippen molar-refractivity contribution in [3.63, 3.8) is 0 Å². The highest BCUT2D eigenvalue weighted by atomic mass is 16.5. The van der Waals surface area contributed by atoms with Crippen LogP contribution >= 0.6 is 0 Å². The molecule has 1 N–H and O–H groups in total. The summed E-state index contributed by atoms with van der Waals surface area (Å²) in [4.78, 5) is 41.0. The third-order valence-electron chi connectivity index (χ3n) is 4.80. The number of nitrogens with zero attached hydrogens (tertiary/aromatic N) is 2. The number of ether oxygens (including phenoxy) is 1. The highest BCUT2D eigenvalue weighted by Crippen LogP contribution is 2.21. The van der Waals surface area contributed by atoms with Crippen molar-refractivity contribution < 1.29 is 19.1 Å². The van der Waals surface area contributed by atoms with Gasteiger partial charge in [0.25, 0.3) is 5.91 Å². The highest BCUT2D eigenvalue weighted by Gasteiger charge is 2.45. The molecule has 2 aliphatic heterocycles. The fourth-order valence-electron chi connectivity index (χ4n) is 3.34. The Morgan fingerprint density at radius 3 is 2.72 bits per heavy atom. The molecule has 7 heteroatoms. The van der Waals surface area contributed by atoms with E-state index in [2.05, 4.69) is 5.32 Å². The van der Waals surface area contributed by atoms with E-state index in [-0.39, 0.29) is 30.2 Å². The minimum Gasteiger partial charge on any atom is -0.497 e. The number of rotatable bonds is 3. The summed E-state index contributed by atoms with van der Waals surface area (Å²) in [5, 5.41) is 2.79. The summed E-state index contributed by atoms with van der Waals surface area (Å²) < 4.78 is 5.16. The SMILES string of the molecule is COc1cccc(C(=O)N2CCN3C(=O)[C@@H](C(C)C)NC(=O)[C@H]3C2)c1. The van der Waals surface area contributed by atoms with Crippen LogP contribution in [0, 0.1) is 5.92 Å². The van der Waals surface area contributed by atoms with Crippen LogP contribution in [0.1, 0.15) is 24.2 Å². The lowest BCUT2D eigenvalue weighted by molar-refractivity contribution is -0.153. The van der Waals surface area contributed by atoms with E-state index in [1.165, 1.54) is 0 Å². The average Bonchev–Trinajstić information content (AvgIpc) is 2.63. The van der Waals surface area contributed by atoms with E-state index in [0.29, 0.717) is 24.4 Å². The Labute approximate surface area is 146 Å². The monoisotopic (exact) mass is 345 g/mol. The zero-order chi connectivity index (χ0) is 18.1. The Kier molecular flexibility index (Phi) is 4.65. The molecule has 3 rings (SSSR count). The summed E-state index contributed by atoms with van der Waals surface area (Å²) in [6.45, 7) is 4.81. The molecule has 0 radical (unpaired) electrons. The lowest BCUT2D eigenvalue weighted by Gasteiger charge is -2.46. The van der Waals surface area contributed by atoms with Crippen molar-refractivity contribution >= 4 is 17.7 Å². The number of carbonyl (C=O) groups excluding carboxylic acids is 3. The quantitative estimate of drug-likeness (QED) is 0.865. The van der Waals surface area contributed by atoms with E-state index < -0.39 is 12.1 Å². The molecule has 0 aliphatic carbocycles. The van der Waals surface area contributed by atoms with Crippen LogP contribution in [0.15, 0.2) is 24.3 Å². The Hall–Kier alpha value is -2.57. The molecule has 134 valence electrons. The van der Waals surface area contributed by atoms with Crippen molar-refractivity contribution in [2.24, 2.45) is 5.92 Å². The first-order valence-corrected chi connectivity index (χ1v) is 8.46. The van der Waals surface area contributed by atoms with Crippen molar-refractivity contribution in [3.8, 4) is 5.75 Å². The van der Waals surface area contributed by atoms with Gasteiger partial charge in [0.05, 0.1) is 13.7 Å². The number of hydrogen-bond acceptors (Lipinski definition) is 4. The molecule has 2 heterocycles. The number of methoxy groups -OCH3 is 1. The lowest BCUT2D eigenvalue weighted by atomic mass is 9.96. The Bertz CT molecular complexity index is 703. The number of piperazine rings is 2. The van der Waals surface area contributed by atoms with Gasteiger partial charge in [-0.2, -0.15) is 0 Å². The molecule has 0 unspecified atom stereocenters. The van der Waals surface area contributed by atoms with E-state index in [1.807, 2.05) is 13.8 Å². The Balaban J connectivity index is 1.75. The van der Waals surface area contributed by atoms with Gasteiger partial charge in [0, 0.05) is 18.7 Å². The molecule has 2 aliphatic rings. The van der Waals surface area contributed by atoms with Crippen molar-refractivity contribution in [1.82, 2.24) is 15.1 Å². The minimum absolute atomic E-state index is 0.0360. The van der Waals surface area contributed by atoms with Crippen LogP contribution in [0.5, 0.6) is 5.75 Å². The minimum atomic E-state index is -0.620. The first kappa shape index (κ1) is 17.3. The molecule has 7 nitrogen and oxygen atoms in total. The maximum atomic E-state index is 12.7. The fraction of sp³-hybridized carbons (Fsp3) is 0.500. The Morgan fingerprint density at radius 1 is 1.28 bits per heavy atom. The van der Waals surface area contributed by atoms with Crippen LogP contribution in [-0.4, -0.2) is 66.3 Å². The zero-order valence-electron chi connectivity index (χ0n) is 14.7. The number of fused-ring (bicyclic) bond motifs is 1. The second-order valence-corrected chi connectivity index (χ2v) is 6.76. The third-order valence-corrected chi connectivity index (χ3v) is 4.80. The lowest BCUT2D eigenvalue weighted by Crippen LogP contribution is -2.70. The summed E-state index contributed by atoms with van der Waals surface area (Å²) in [5.41, 5.74) is 0.510. The predicted octanol–water partition coefficient (Wildman–Crippen LogP) is 0.503. The summed E-state index contributed by atoms with van der Waals surface area (Å²) in [7, 11) is 1.55. The first-order chi connectivity index (χ1) is 11.9. The molecule has 3 amide bonds. The second-order valence-electron chi connectivity index (χ2n) is 6.76. The van der Waals surface area contributed by atoms with Crippen LogP contribution in [-0.2, 0) is 9.59 Å².